The van der Waals surface area contributed by atoms with Crippen LogP contribution in [0.4, 0.5) is 0 Å². The highest BCUT2D eigenvalue weighted by Gasteiger charge is 2.12. The second-order valence-corrected chi connectivity index (χ2v) is 3.53. The Kier molecular flexibility index (Phi) is 3.84. The largest absolute Gasteiger partial charge is 0.504 e. The van der Waals surface area contributed by atoms with Crippen LogP contribution in [-0.2, 0) is 0 Å². The van der Waals surface area contributed by atoms with Crippen LogP contribution < -0.4 is 0 Å². The summed E-state index contributed by atoms with van der Waals surface area (Å²) >= 11 is 5.74. The SMILES string of the molecule is C=N/C(Cl)=C\C(=N/C)n1nc(C)c(O)c1C. The van der Waals surface area contributed by atoms with Gasteiger partial charge in [-0.05, 0) is 20.6 Å². The van der Waals surface area contributed by atoms with Gasteiger partial charge in [-0.3, -0.25) is 9.98 Å². The Labute approximate surface area is 98.8 Å². The van der Waals surface area contributed by atoms with Crippen molar-refractivity contribution >= 4 is 24.2 Å². The maximum Gasteiger partial charge on any atom is 0.160 e. The van der Waals surface area contributed by atoms with Crippen LogP contribution in [0.2, 0.25) is 0 Å². The number of allylic oxidation sites excluding steroid dienone is 1. The fraction of sp³-hybridized carbons (Fsp3) is 0.300. The molecule has 1 aromatic rings. The molecule has 0 amide bonds. The molecule has 0 saturated carbocycles. The summed E-state index contributed by atoms with van der Waals surface area (Å²) in [6.07, 6.45) is 1.52. The third-order valence-electron chi connectivity index (χ3n) is 2.10. The van der Waals surface area contributed by atoms with Crippen LogP contribution >= 0.6 is 11.6 Å². The quantitative estimate of drug-likeness (QED) is 0.487. The number of aromatic hydroxyl groups is 1. The van der Waals surface area contributed by atoms with Gasteiger partial charge in [0.25, 0.3) is 0 Å². The molecular formula is C10H13ClN4O. The molecule has 1 N–H and O–H groups in total. The van der Waals surface area contributed by atoms with Crippen LogP contribution in [0, 0.1) is 13.8 Å². The molecule has 16 heavy (non-hydrogen) atoms. The lowest BCUT2D eigenvalue weighted by Crippen LogP contribution is -2.13. The van der Waals surface area contributed by atoms with E-state index in [4.69, 9.17) is 11.6 Å². The molecule has 0 unspecified atom stereocenters. The highest BCUT2D eigenvalue weighted by atomic mass is 35.5. The summed E-state index contributed by atoms with van der Waals surface area (Å²) in [6.45, 7) is 6.75. The van der Waals surface area contributed by atoms with Gasteiger partial charge >= 0.3 is 0 Å². The van der Waals surface area contributed by atoms with Gasteiger partial charge in [0.15, 0.2) is 11.6 Å². The zero-order valence-corrected chi connectivity index (χ0v) is 10.2. The predicted molar refractivity (Wildman–Crippen MR) is 65.6 cm³/mol. The Hall–Kier alpha value is -1.62. The van der Waals surface area contributed by atoms with Gasteiger partial charge in [-0.1, -0.05) is 11.6 Å². The van der Waals surface area contributed by atoms with E-state index >= 15 is 0 Å². The highest BCUT2D eigenvalue weighted by molar-refractivity contribution is 6.31. The Balaban J connectivity index is 3.26. The molecule has 0 aliphatic carbocycles. The molecule has 0 radical (unpaired) electrons. The number of hydrogen-bond acceptors (Lipinski definition) is 4. The van der Waals surface area contributed by atoms with Crippen molar-refractivity contribution in [3.63, 3.8) is 0 Å². The van der Waals surface area contributed by atoms with Crippen molar-refractivity contribution in [2.24, 2.45) is 9.98 Å². The van der Waals surface area contributed by atoms with E-state index in [0.717, 1.165) is 0 Å². The topological polar surface area (TPSA) is 62.8 Å². The van der Waals surface area contributed by atoms with E-state index in [1.807, 2.05) is 0 Å². The van der Waals surface area contributed by atoms with Crippen molar-refractivity contribution in [2.45, 2.75) is 13.8 Å². The second kappa shape index (κ2) is 4.94. The molecule has 86 valence electrons. The number of aryl methyl sites for hydroxylation is 1. The van der Waals surface area contributed by atoms with Gasteiger partial charge < -0.3 is 5.11 Å². The Morgan fingerprint density at radius 1 is 1.56 bits per heavy atom. The highest BCUT2D eigenvalue weighted by Crippen LogP contribution is 2.20. The van der Waals surface area contributed by atoms with Gasteiger partial charge in [-0.15, -0.1) is 0 Å². The normalized spacial score (nSPS) is 13.0. The first kappa shape index (κ1) is 12.4. The van der Waals surface area contributed by atoms with Gasteiger partial charge in [0.2, 0.25) is 0 Å². The van der Waals surface area contributed by atoms with Gasteiger partial charge in [0, 0.05) is 13.1 Å². The summed E-state index contributed by atoms with van der Waals surface area (Å²) in [7, 11) is 1.60. The molecule has 6 heteroatoms. The maximum atomic E-state index is 9.64. The molecular weight excluding hydrogens is 228 g/mol. The monoisotopic (exact) mass is 240 g/mol. The van der Waals surface area contributed by atoms with Crippen molar-refractivity contribution < 1.29 is 5.11 Å². The minimum absolute atomic E-state index is 0.150. The number of aromatic nitrogens is 2. The molecule has 1 aromatic heterocycles. The molecule has 0 fully saturated rings. The first-order valence-corrected chi connectivity index (χ1v) is 4.95. The summed E-state index contributed by atoms with van der Waals surface area (Å²) in [4.78, 5) is 7.57. The average Bonchev–Trinajstić information content (AvgIpc) is 2.53. The van der Waals surface area contributed by atoms with Crippen LogP contribution in [-0.4, -0.2) is 34.5 Å². The van der Waals surface area contributed by atoms with Crippen LogP contribution in [0.3, 0.4) is 0 Å². The summed E-state index contributed by atoms with van der Waals surface area (Å²) in [6, 6.07) is 0. The van der Waals surface area contributed by atoms with E-state index < -0.39 is 0 Å². The minimum atomic E-state index is 0.150. The van der Waals surface area contributed by atoms with Crippen molar-refractivity contribution in [1.29, 1.82) is 0 Å². The molecule has 0 aliphatic rings. The van der Waals surface area contributed by atoms with Crippen molar-refractivity contribution in [1.82, 2.24) is 9.78 Å². The molecule has 0 spiro atoms. The minimum Gasteiger partial charge on any atom is -0.504 e. The van der Waals surface area contributed by atoms with E-state index in [0.29, 0.717) is 17.2 Å². The molecule has 0 bridgehead atoms. The molecule has 5 nitrogen and oxygen atoms in total. The predicted octanol–water partition coefficient (Wildman–Crippen LogP) is 1.86. The molecule has 0 aliphatic heterocycles. The van der Waals surface area contributed by atoms with E-state index in [2.05, 4.69) is 21.8 Å². The van der Waals surface area contributed by atoms with E-state index in [-0.39, 0.29) is 10.9 Å². The lowest BCUT2D eigenvalue weighted by atomic mass is 10.3. The number of aliphatic imine (C=N–C) groups is 2. The van der Waals surface area contributed by atoms with Gasteiger partial charge in [-0.2, -0.15) is 5.10 Å². The Morgan fingerprint density at radius 3 is 2.56 bits per heavy atom. The first-order chi connectivity index (χ1) is 7.51. The summed E-state index contributed by atoms with van der Waals surface area (Å²) < 4.78 is 1.50. The number of nitrogens with zero attached hydrogens (tertiary/aromatic N) is 4. The Morgan fingerprint density at radius 2 is 2.19 bits per heavy atom. The van der Waals surface area contributed by atoms with Gasteiger partial charge in [0.05, 0.1) is 5.69 Å². The van der Waals surface area contributed by atoms with Gasteiger partial charge in [0.1, 0.15) is 10.9 Å². The van der Waals surface area contributed by atoms with Crippen molar-refractivity contribution in [3.8, 4) is 5.75 Å². The van der Waals surface area contributed by atoms with Crippen LogP contribution in [0.15, 0.2) is 21.2 Å². The number of halogens is 1. The molecule has 0 saturated heterocycles. The first-order valence-electron chi connectivity index (χ1n) is 4.57. The lowest BCUT2D eigenvalue weighted by molar-refractivity contribution is 0.467. The summed E-state index contributed by atoms with van der Waals surface area (Å²) in [5.41, 5.74) is 1.14. The summed E-state index contributed by atoms with van der Waals surface area (Å²) in [5, 5.41) is 14.0. The second-order valence-electron chi connectivity index (χ2n) is 3.14. The van der Waals surface area contributed by atoms with Crippen LogP contribution in [0.5, 0.6) is 5.75 Å². The van der Waals surface area contributed by atoms with Crippen molar-refractivity contribution in [3.05, 3.63) is 22.6 Å². The maximum absolute atomic E-state index is 9.64. The van der Waals surface area contributed by atoms with Gasteiger partial charge in [-0.25, -0.2) is 4.68 Å². The molecule has 1 heterocycles. The smallest absolute Gasteiger partial charge is 0.160 e. The average molecular weight is 241 g/mol. The van der Waals surface area contributed by atoms with Crippen LogP contribution in [0.25, 0.3) is 0 Å². The lowest BCUT2D eigenvalue weighted by Gasteiger charge is -2.02. The fourth-order valence-electron chi connectivity index (χ4n) is 1.23. The Bertz CT molecular complexity index is 473. The third-order valence-corrected chi connectivity index (χ3v) is 2.33. The fourth-order valence-corrected chi connectivity index (χ4v) is 1.33. The van der Waals surface area contributed by atoms with Crippen molar-refractivity contribution in [2.75, 3.05) is 7.05 Å². The van der Waals surface area contributed by atoms with E-state index in [1.165, 1.54) is 10.8 Å². The van der Waals surface area contributed by atoms with E-state index in [1.54, 1.807) is 20.9 Å². The molecule has 0 atom stereocenters. The van der Waals surface area contributed by atoms with E-state index in [9.17, 15) is 5.11 Å². The zero-order valence-electron chi connectivity index (χ0n) is 9.40. The zero-order chi connectivity index (χ0) is 12.3. The summed E-state index contributed by atoms with van der Waals surface area (Å²) in [5.74, 6) is 0.635. The van der Waals surface area contributed by atoms with Crippen LogP contribution in [0.1, 0.15) is 11.4 Å². The number of hydrogen-bond donors (Lipinski definition) is 1. The molecule has 0 aromatic carbocycles. The third kappa shape index (κ3) is 2.30. The molecule has 1 rings (SSSR count). The standard InChI is InChI=1S/C10H13ClN4O/c1-6-10(16)7(2)15(14-6)9(13-4)5-8(11)12-3/h5,16H,3H2,1-2,4H3/b8-5-,13-9+. The number of rotatable bonds is 2.